The number of aromatic amines is 1. The Labute approximate surface area is 114 Å². The molecule has 0 spiro atoms. The zero-order valence-electron chi connectivity index (χ0n) is 11.0. The molecule has 0 amide bonds. The summed E-state index contributed by atoms with van der Waals surface area (Å²) in [7, 11) is 1.49. The Kier molecular flexibility index (Phi) is 2.57. The van der Waals surface area contributed by atoms with Crippen LogP contribution < -0.4 is 10.2 Å². The first-order valence-electron chi connectivity index (χ1n) is 6.09. The largest absolute Gasteiger partial charge is 0.507 e. The molecule has 3 N–H and O–H groups in total. The minimum absolute atomic E-state index is 0.0236. The molecule has 5 heteroatoms. The summed E-state index contributed by atoms with van der Waals surface area (Å²) in [4.78, 5) is 15.5. The summed E-state index contributed by atoms with van der Waals surface area (Å²) in [6, 6.07) is 6.16. The fourth-order valence-corrected chi connectivity index (χ4v) is 2.51. The number of ether oxygens (including phenoxy) is 1. The summed E-state index contributed by atoms with van der Waals surface area (Å²) in [6.45, 7) is 1.77. The second-order valence-electron chi connectivity index (χ2n) is 4.65. The number of hydrogen-bond acceptors (Lipinski definition) is 4. The Morgan fingerprint density at radius 3 is 2.60 bits per heavy atom. The molecule has 1 aromatic heterocycles. The van der Waals surface area contributed by atoms with Crippen molar-refractivity contribution in [2.45, 2.75) is 6.92 Å². The first-order chi connectivity index (χ1) is 9.54. The number of methoxy groups -OCH3 is 1. The Bertz CT molecular complexity index is 896. The molecule has 0 atom stereocenters. The predicted octanol–water partition coefficient (Wildman–Crippen LogP) is 2.41. The van der Waals surface area contributed by atoms with E-state index in [-0.39, 0.29) is 22.3 Å². The Morgan fingerprint density at radius 1 is 1.15 bits per heavy atom. The van der Waals surface area contributed by atoms with Gasteiger partial charge in [0.25, 0.3) is 0 Å². The van der Waals surface area contributed by atoms with E-state index in [2.05, 4.69) is 4.98 Å². The number of nitrogens with one attached hydrogen (secondary N) is 1. The van der Waals surface area contributed by atoms with Crippen LogP contribution >= 0.6 is 0 Å². The van der Waals surface area contributed by atoms with Gasteiger partial charge in [-0.3, -0.25) is 4.79 Å². The highest BCUT2D eigenvalue weighted by molar-refractivity contribution is 6.00. The van der Waals surface area contributed by atoms with Crippen molar-refractivity contribution in [3.63, 3.8) is 0 Å². The highest BCUT2D eigenvalue weighted by Crippen LogP contribution is 2.34. The third kappa shape index (κ3) is 1.53. The monoisotopic (exact) mass is 271 g/mol. The molecule has 102 valence electrons. The van der Waals surface area contributed by atoms with Crippen LogP contribution in [0.5, 0.6) is 17.2 Å². The van der Waals surface area contributed by atoms with E-state index in [9.17, 15) is 15.0 Å². The number of phenols is 2. The van der Waals surface area contributed by atoms with E-state index in [1.807, 2.05) is 0 Å². The van der Waals surface area contributed by atoms with E-state index in [1.54, 1.807) is 19.1 Å². The number of phenolic OH excluding ortho intramolecular Hbond substituents is 2. The number of pyridine rings is 1. The standard InChI is InChI=1S/C15H13NO4/c1-7-6-10(18)11-13(15(7)20-2)16-12-8(14(11)19)4-3-5-9(12)17/h3-6,17-18H,1-2H3,(H,16,19). The Morgan fingerprint density at radius 2 is 1.90 bits per heavy atom. The average molecular weight is 271 g/mol. The van der Waals surface area contributed by atoms with Gasteiger partial charge in [0.1, 0.15) is 17.2 Å². The van der Waals surface area contributed by atoms with Crippen molar-refractivity contribution < 1.29 is 14.9 Å². The normalized spacial score (nSPS) is 11.1. The molecular weight excluding hydrogens is 258 g/mol. The van der Waals surface area contributed by atoms with Crippen molar-refractivity contribution in [1.82, 2.24) is 4.98 Å². The molecule has 1 heterocycles. The van der Waals surface area contributed by atoms with Gasteiger partial charge in [0.15, 0.2) is 0 Å². The van der Waals surface area contributed by atoms with Crippen LogP contribution in [-0.2, 0) is 0 Å². The number of aromatic nitrogens is 1. The minimum atomic E-state index is -0.347. The van der Waals surface area contributed by atoms with Crippen molar-refractivity contribution in [2.75, 3.05) is 7.11 Å². The quantitative estimate of drug-likeness (QED) is 0.593. The second-order valence-corrected chi connectivity index (χ2v) is 4.65. The second kappa shape index (κ2) is 4.16. The lowest BCUT2D eigenvalue weighted by Crippen LogP contribution is -2.06. The highest BCUT2D eigenvalue weighted by atomic mass is 16.5. The summed E-state index contributed by atoms with van der Waals surface area (Å²) in [5, 5.41) is 20.4. The van der Waals surface area contributed by atoms with Crippen molar-refractivity contribution in [3.05, 3.63) is 40.1 Å². The maximum Gasteiger partial charge on any atom is 0.201 e. The predicted molar refractivity (Wildman–Crippen MR) is 76.7 cm³/mol. The first kappa shape index (κ1) is 12.3. The van der Waals surface area contributed by atoms with Crippen molar-refractivity contribution in [3.8, 4) is 17.2 Å². The van der Waals surface area contributed by atoms with E-state index in [1.165, 1.54) is 19.2 Å². The van der Waals surface area contributed by atoms with Crippen LogP contribution in [-0.4, -0.2) is 22.3 Å². The van der Waals surface area contributed by atoms with Crippen LogP contribution in [0.1, 0.15) is 5.56 Å². The molecule has 3 rings (SSSR count). The molecule has 0 saturated carbocycles. The van der Waals surface area contributed by atoms with Gasteiger partial charge in [-0.15, -0.1) is 0 Å². The zero-order valence-corrected chi connectivity index (χ0v) is 11.0. The first-order valence-corrected chi connectivity index (χ1v) is 6.09. The van der Waals surface area contributed by atoms with E-state index < -0.39 is 0 Å². The Balaban J connectivity index is 2.67. The van der Waals surface area contributed by atoms with Crippen LogP contribution in [0.15, 0.2) is 29.1 Å². The summed E-state index contributed by atoms with van der Waals surface area (Å²) in [6.07, 6.45) is 0. The molecule has 5 nitrogen and oxygen atoms in total. The van der Waals surface area contributed by atoms with Gasteiger partial charge in [-0.2, -0.15) is 0 Å². The van der Waals surface area contributed by atoms with Gasteiger partial charge < -0.3 is 19.9 Å². The van der Waals surface area contributed by atoms with Gasteiger partial charge in [-0.25, -0.2) is 0 Å². The van der Waals surface area contributed by atoms with Crippen LogP contribution in [0, 0.1) is 6.92 Å². The molecular formula is C15H13NO4. The highest BCUT2D eigenvalue weighted by Gasteiger charge is 2.16. The SMILES string of the molecule is COc1c(C)cc(O)c2c(=O)c3cccc(O)c3[nH]c12. The molecule has 0 saturated heterocycles. The number of rotatable bonds is 1. The molecule has 0 radical (unpaired) electrons. The maximum absolute atomic E-state index is 12.5. The van der Waals surface area contributed by atoms with E-state index in [4.69, 9.17) is 4.74 Å². The summed E-state index contributed by atoms with van der Waals surface area (Å²) in [5.74, 6) is 0.342. The third-order valence-corrected chi connectivity index (χ3v) is 3.41. The molecule has 0 unspecified atom stereocenters. The lowest BCUT2D eigenvalue weighted by molar-refractivity contribution is 0.414. The number of aryl methyl sites for hydroxylation is 1. The van der Waals surface area contributed by atoms with Crippen LogP contribution in [0.3, 0.4) is 0 Å². The lowest BCUT2D eigenvalue weighted by Gasteiger charge is -2.12. The van der Waals surface area contributed by atoms with Gasteiger partial charge in [-0.1, -0.05) is 6.07 Å². The van der Waals surface area contributed by atoms with Crippen molar-refractivity contribution >= 4 is 21.8 Å². The van der Waals surface area contributed by atoms with Gasteiger partial charge in [0.2, 0.25) is 5.43 Å². The van der Waals surface area contributed by atoms with E-state index in [0.717, 1.165) is 0 Å². The molecule has 0 bridgehead atoms. The number of hydrogen-bond donors (Lipinski definition) is 3. The summed E-state index contributed by atoms with van der Waals surface area (Å²) in [5.41, 5.74) is 1.06. The zero-order chi connectivity index (χ0) is 14.4. The molecule has 3 aromatic rings. The average Bonchev–Trinajstić information content (AvgIpc) is 2.40. The number of H-pyrrole nitrogens is 1. The number of benzene rings is 2. The molecule has 20 heavy (non-hydrogen) atoms. The third-order valence-electron chi connectivity index (χ3n) is 3.41. The Hall–Kier alpha value is -2.69. The van der Waals surface area contributed by atoms with E-state index in [0.29, 0.717) is 27.7 Å². The fraction of sp³-hybridized carbons (Fsp3) is 0.133. The number of aromatic hydroxyl groups is 2. The van der Waals surface area contributed by atoms with Crippen LogP contribution in [0.4, 0.5) is 0 Å². The van der Waals surface area contributed by atoms with Crippen molar-refractivity contribution in [1.29, 1.82) is 0 Å². The fourth-order valence-electron chi connectivity index (χ4n) is 2.51. The maximum atomic E-state index is 12.5. The molecule has 0 aliphatic heterocycles. The number of fused-ring (bicyclic) bond motifs is 2. The number of para-hydroxylation sites is 1. The molecule has 0 aliphatic rings. The van der Waals surface area contributed by atoms with Crippen LogP contribution in [0.2, 0.25) is 0 Å². The lowest BCUT2D eigenvalue weighted by atomic mass is 10.1. The minimum Gasteiger partial charge on any atom is -0.507 e. The summed E-state index contributed by atoms with van der Waals surface area (Å²) >= 11 is 0. The summed E-state index contributed by atoms with van der Waals surface area (Å²) < 4.78 is 5.29. The van der Waals surface area contributed by atoms with Gasteiger partial charge in [0, 0.05) is 0 Å². The molecule has 0 fully saturated rings. The molecule has 2 aromatic carbocycles. The molecule has 0 aliphatic carbocycles. The van der Waals surface area contributed by atoms with Crippen molar-refractivity contribution in [2.24, 2.45) is 0 Å². The van der Waals surface area contributed by atoms with Gasteiger partial charge >= 0.3 is 0 Å². The van der Waals surface area contributed by atoms with Crippen LogP contribution in [0.25, 0.3) is 21.8 Å². The van der Waals surface area contributed by atoms with E-state index >= 15 is 0 Å². The smallest absolute Gasteiger partial charge is 0.201 e. The van der Waals surface area contributed by atoms with Gasteiger partial charge in [-0.05, 0) is 30.7 Å². The topological polar surface area (TPSA) is 82.6 Å². The van der Waals surface area contributed by atoms with Gasteiger partial charge in [0.05, 0.1) is 28.9 Å².